The van der Waals surface area contributed by atoms with Crippen LogP contribution < -0.4 is 10.2 Å². The molecule has 1 atom stereocenters. The Morgan fingerprint density at radius 2 is 2.08 bits per heavy atom. The molecular weight excluding hydrogens is 318 g/mol. The van der Waals surface area contributed by atoms with Gasteiger partial charge in [-0.05, 0) is 51.8 Å². The minimum absolute atomic E-state index is 0.0721. The number of fused-ring (bicyclic) bond motifs is 1. The maximum Gasteiger partial charge on any atom is 0.250 e. The van der Waals surface area contributed by atoms with E-state index in [9.17, 15) is 14.7 Å². The van der Waals surface area contributed by atoms with Crippen molar-refractivity contribution in [2.24, 2.45) is 0 Å². The Labute approximate surface area is 148 Å². The summed E-state index contributed by atoms with van der Waals surface area (Å²) in [5.41, 5.74) is 0.479. The molecule has 1 fully saturated rings. The predicted molar refractivity (Wildman–Crippen MR) is 97.6 cm³/mol. The molecule has 2 aliphatic heterocycles. The van der Waals surface area contributed by atoms with Crippen molar-refractivity contribution in [3.8, 4) is 0 Å². The van der Waals surface area contributed by atoms with Crippen molar-refractivity contribution < 1.29 is 14.7 Å². The zero-order valence-electron chi connectivity index (χ0n) is 15.0. The minimum atomic E-state index is -0.937. The van der Waals surface area contributed by atoms with Gasteiger partial charge in [-0.1, -0.05) is 18.6 Å². The van der Waals surface area contributed by atoms with Gasteiger partial charge < -0.3 is 10.4 Å². The number of hydrogen-bond acceptors (Lipinski definition) is 4. The summed E-state index contributed by atoms with van der Waals surface area (Å²) in [6.45, 7) is 4.82. The number of aliphatic hydroxyl groups excluding tert-OH is 1. The normalized spacial score (nSPS) is 23.1. The number of rotatable bonds is 4. The average molecular weight is 345 g/mol. The standard InChI is InChI=1S/C19H27N3O3/c1-19(2)18(25)20-15-8-3-4-9-16(15)22(19)17(24)13-21-11-6-5-7-14(21)10-12-23/h3-4,8-9,14,23H,5-7,10-13H2,1-2H3,(H,20,25). The summed E-state index contributed by atoms with van der Waals surface area (Å²) >= 11 is 0. The van der Waals surface area contributed by atoms with E-state index in [0.717, 1.165) is 31.5 Å². The lowest BCUT2D eigenvalue weighted by Gasteiger charge is -2.44. The highest BCUT2D eigenvalue weighted by Crippen LogP contribution is 2.37. The maximum absolute atomic E-state index is 13.2. The Bertz CT molecular complexity index is 657. The molecule has 6 nitrogen and oxygen atoms in total. The molecule has 0 saturated carbocycles. The van der Waals surface area contributed by atoms with Crippen LogP contribution in [-0.4, -0.2) is 53.1 Å². The van der Waals surface area contributed by atoms with Gasteiger partial charge in [-0.2, -0.15) is 0 Å². The van der Waals surface area contributed by atoms with E-state index in [0.29, 0.717) is 12.1 Å². The maximum atomic E-state index is 13.2. The third-order valence-corrected chi connectivity index (χ3v) is 5.31. The smallest absolute Gasteiger partial charge is 0.250 e. The van der Waals surface area contributed by atoms with Crippen molar-refractivity contribution in [2.45, 2.75) is 51.1 Å². The fourth-order valence-electron chi connectivity index (χ4n) is 3.89. The molecule has 136 valence electrons. The zero-order valence-corrected chi connectivity index (χ0v) is 15.0. The lowest BCUT2D eigenvalue weighted by Crippen LogP contribution is -2.60. The van der Waals surface area contributed by atoms with Crippen molar-refractivity contribution in [3.05, 3.63) is 24.3 Å². The molecule has 1 aromatic rings. The Kier molecular flexibility index (Phi) is 5.11. The first kappa shape index (κ1) is 17.9. The van der Waals surface area contributed by atoms with Crippen molar-refractivity contribution in [1.29, 1.82) is 0 Å². The molecule has 3 rings (SSSR count). The van der Waals surface area contributed by atoms with Gasteiger partial charge in [0, 0.05) is 12.6 Å². The predicted octanol–water partition coefficient (Wildman–Crippen LogP) is 1.99. The molecule has 0 bridgehead atoms. The minimum Gasteiger partial charge on any atom is -0.396 e. The van der Waals surface area contributed by atoms with Gasteiger partial charge in [0.1, 0.15) is 5.54 Å². The Morgan fingerprint density at radius 3 is 2.84 bits per heavy atom. The fraction of sp³-hybridized carbons (Fsp3) is 0.579. The number of benzene rings is 1. The topological polar surface area (TPSA) is 72.9 Å². The van der Waals surface area contributed by atoms with Crippen LogP contribution in [0.2, 0.25) is 0 Å². The van der Waals surface area contributed by atoms with Crippen LogP contribution in [-0.2, 0) is 9.59 Å². The lowest BCUT2D eigenvalue weighted by molar-refractivity contribution is -0.127. The van der Waals surface area contributed by atoms with E-state index >= 15 is 0 Å². The molecule has 0 aromatic heterocycles. The van der Waals surface area contributed by atoms with Crippen LogP contribution in [0.25, 0.3) is 0 Å². The van der Waals surface area contributed by atoms with E-state index in [4.69, 9.17) is 0 Å². The van der Waals surface area contributed by atoms with Gasteiger partial charge in [-0.3, -0.25) is 19.4 Å². The molecule has 2 N–H and O–H groups in total. The van der Waals surface area contributed by atoms with E-state index in [1.165, 1.54) is 0 Å². The van der Waals surface area contributed by atoms with E-state index in [2.05, 4.69) is 10.2 Å². The monoisotopic (exact) mass is 345 g/mol. The number of piperidine rings is 1. The highest BCUT2D eigenvalue weighted by atomic mass is 16.3. The molecule has 1 saturated heterocycles. The quantitative estimate of drug-likeness (QED) is 0.875. The molecule has 0 aliphatic carbocycles. The number of amides is 2. The lowest BCUT2D eigenvalue weighted by atomic mass is 9.95. The molecule has 0 spiro atoms. The number of carbonyl (C=O) groups excluding carboxylic acids is 2. The molecule has 25 heavy (non-hydrogen) atoms. The molecule has 2 aliphatic rings. The number of carbonyl (C=O) groups is 2. The summed E-state index contributed by atoms with van der Waals surface area (Å²) in [7, 11) is 0. The molecule has 2 amide bonds. The van der Waals surface area contributed by atoms with Gasteiger partial charge in [-0.25, -0.2) is 0 Å². The summed E-state index contributed by atoms with van der Waals surface area (Å²) in [6.07, 6.45) is 3.90. The summed E-state index contributed by atoms with van der Waals surface area (Å²) < 4.78 is 0. The third-order valence-electron chi connectivity index (χ3n) is 5.31. The average Bonchev–Trinajstić information content (AvgIpc) is 2.57. The fourth-order valence-corrected chi connectivity index (χ4v) is 3.89. The third kappa shape index (κ3) is 3.41. The second kappa shape index (κ2) is 7.14. The molecule has 1 unspecified atom stereocenters. The Morgan fingerprint density at radius 1 is 1.32 bits per heavy atom. The van der Waals surface area contributed by atoms with Gasteiger partial charge in [0.15, 0.2) is 0 Å². The van der Waals surface area contributed by atoms with Crippen molar-refractivity contribution >= 4 is 23.2 Å². The molecular formula is C19H27N3O3. The largest absolute Gasteiger partial charge is 0.396 e. The highest BCUT2D eigenvalue weighted by molar-refractivity contribution is 6.14. The molecule has 0 radical (unpaired) electrons. The SMILES string of the molecule is CC1(C)C(=O)Nc2ccccc2N1C(=O)CN1CCCCC1CCO. The van der Waals surface area contributed by atoms with E-state index in [-0.39, 0.29) is 31.0 Å². The second-order valence-electron chi connectivity index (χ2n) is 7.39. The van der Waals surface area contributed by atoms with Crippen molar-refractivity contribution in [1.82, 2.24) is 4.90 Å². The van der Waals surface area contributed by atoms with Crippen LogP contribution in [0.5, 0.6) is 0 Å². The molecule has 2 heterocycles. The number of hydrogen-bond donors (Lipinski definition) is 2. The number of nitrogens with one attached hydrogen (secondary N) is 1. The Hall–Kier alpha value is -1.92. The zero-order chi connectivity index (χ0) is 18.0. The van der Waals surface area contributed by atoms with E-state index in [1.54, 1.807) is 18.7 Å². The number of anilines is 2. The number of para-hydroxylation sites is 2. The summed E-state index contributed by atoms with van der Waals surface area (Å²) in [6, 6.07) is 7.65. The molecule has 1 aromatic carbocycles. The number of aliphatic hydroxyl groups is 1. The Balaban J connectivity index is 1.85. The van der Waals surface area contributed by atoms with E-state index < -0.39 is 5.54 Å². The van der Waals surface area contributed by atoms with Crippen molar-refractivity contribution in [2.75, 3.05) is 29.9 Å². The van der Waals surface area contributed by atoms with Crippen molar-refractivity contribution in [3.63, 3.8) is 0 Å². The van der Waals surface area contributed by atoms with Crippen LogP contribution in [0.1, 0.15) is 39.5 Å². The van der Waals surface area contributed by atoms with Gasteiger partial charge in [-0.15, -0.1) is 0 Å². The van der Waals surface area contributed by atoms with Crippen LogP contribution in [0.4, 0.5) is 11.4 Å². The van der Waals surface area contributed by atoms with Crippen LogP contribution >= 0.6 is 0 Å². The van der Waals surface area contributed by atoms with Gasteiger partial charge in [0.05, 0.1) is 17.9 Å². The first-order valence-corrected chi connectivity index (χ1v) is 9.03. The summed E-state index contributed by atoms with van der Waals surface area (Å²) in [5.74, 6) is -0.248. The number of likely N-dealkylation sites (tertiary alicyclic amines) is 1. The van der Waals surface area contributed by atoms with Crippen LogP contribution in [0.15, 0.2) is 24.3 Å². The first-order valence-electron chi connectivity index (χ1n) is 9.03. The summed E-state index contributed by atoms with van der Waals surface area (Å²) in [4.78, 5) is 29.5. The first-order chi connectivity index (χ1) is 11.9. The van der Waals surface area contributed by atoms with Gasteiger partial charge in [0.25, 0.3) is 0 Å². The summed E-state index contributed by atoms with van der Waals surface area (Å²) in [5, 5.41) is 12.2. The molecule has 6 heteroatoms. The number of nitrogens with zero attached hydrogens (tertiary/aromatic N) is 2. The highest BCUT2D eigenvalue weighted by Gasteiger charge is 2.44. The van der Waals surface area contributed by atoms with Gasteiger partial charge in [0.2, 0.25) is 11.8 Å². The van der Waals surface area contributed by atoms with E-state index in [1.807, 2.05) is 24.3 Å². The van der Waals surface area contributed by atoms with Crippen LogP contribution in [0, 0.1) is 0 Å². The van der Waals surface area contributed by atoms with Crippen LogP contribution in [0.3, 0.4) is 0 Å². The van der Waals surface area contributed by atoms with Gasteiger partial charge >= 0.3 is 0 Å². The second-order valence-corrected chi connectivity index (χ2v) is 7.39.